The number of rotatable bonds is 13. The Kier molecular flexibility index (Phi) is 13.0. The van der Waals surface area contributed by atoms with Crippen LogP contribution in [0.25, 0.3) is 0 Å². The molecule has 0 bridgehead atoms. The van der Waals surface area contributed by atoms with Crippen LogP contribution in [-0.4, -0.2) is 64.2 Å². The van der Waals surface area contributed by atoms with Gasteiger partial charge < -0.3 is 25.4 Å². The van der Waals surface area contributed by atoms with Crippen LogP contribution in [0.5, 0.6) is 5.75 Å². The molecule has 35 heavy (non-hydrogen) atoms. The van der Waals surface area contributed by atoms with Crippen molar-refractivity contribution < 1.29 is 24.2 Å². The Balaban J connectivity index is 3.34. The molecule has 1 aromatic rings. The molecular formula is C26H43N3O5S. The van der Waals surface area contributed by atoms with Crippen molar-refractivity contribution in [3.63, 3.8) is 0 Å². The number of nitrogens with one attached hydrogen (secondary N) is 2. The van der Waals surface area contributed by atoms with Crippen molar-refractivity contribution in [2.75, 3.05) is 18.6 Å². The fourth-order valence-electron chi connectivity index (χ4n) is 3.62. The first-order valence-corrected chi connectivity index (χ1v) is 13.7. The Morgan fingerprint density at radius 2 is 1.86 bits per heavy atom. The van der Waals surface area contributed by atoms with Crippen molar-refractivity contribution in [3.05, 3.63) is 29.8 Å². The Morgan fingerprint density at radius 1 is 1.17 bits per heavy atom. The maximum absolute atomic E-state index is 13.9. The largest absolute Gasteiger partial charge is 0.508 e. The third kappa shape index (κ3) is 10.8. The molecule has 3 amide bonds. The number of aromatic hydroxyl groups is 1. The SMILES string of the molecule is CCCCCNC(=O)C(c1cccc(O)c1)N(C(=O)C(CCSC)NC(=O)OC(C)(C)C)C(C)C. The first kappa shape index (κ1) is 30.6. The summed E-state index contributed by atoms with van der Waals surface area (Å²) in [5.41, 5.74) is -0.210. The summed E-state index contributed by atoms with van der Waals surface area (Å²) in [6.07, 6.45) is 4.47. The highest BCUT2D eigenvalue weighted by Gasteiger charge is 2.37. The fraction of sp³-hybridized carbons (Fsp3) is 0.654. The lowest BCUT2D eigenvalue weighted by atomic mass is 10.00. The van der Waals surface area contributed by atoms with Gasteiger partial charge in [-0.1, -0.05) is 31.9 Å². The Morgan fingerprint density at radius 3 is 2.40 bits per heavy atom. The second-order valence-electron chi connectivity index (χ2n) is 9.82. The Bertz CT molecular complexity index is 825. The number of thioether (sulfide) groups is 1. The summed E-state index contributed by atoms with van der Waals surface area (Å²) in [7, 11) is 0. The van der Waals surface area contributed by atoms with Crippen molar-refractivity contribution in [2.45, 2.75) is 91.0 Å². The van der Waals surface area contributed by atoms with E-state index in [0.29, 0.717) is 24.3 Å². The van der Waals surface area contributed by atoms with Gasteiger partial charge in [0.25, 0.3) is 0 Å². The van der Waals surface area contributed by atoms with Gasteiger partial charge in [0.1, 0.15) is 23.4 Å². The molecule has 1 aromatic carbocycles. The van der Waals surface area contributed by atoms with Crippen LogP contribution < -0.4 is 10.6 Å². The first-order chi connectivity index (χ1) is 16.4. The van der Waals surface area contributed by atoms with Crippen LogP contribution >= 0.6 is 11.8 Å². The summed E-state index contributed by atoms with van der Waals surface area (Å²) in [5, 5.41) is 15.8. The average molecular weight is 510 g/mol. The standard InChI is InChI=1S/C26H43N3O5S/c1-8-9-10-15-27-23(31)22(19-12-11-13-20(30)17-19)29(18(2)3)24(32)21(14-16-35-7)28-25(33)34-26(4,5)6/h11-13,17-18,21-22,30H,8-10,14-16H2,1-7H3,(H,27,31)(H,28,33). The van der Waals surface area contributed by atoms with Gasteiger partial charge in [0.15, 0.2) is 0 Å². The predicted molar refractivity (Wildman–Crippen MR) is 142 cm³/mol. The van der Waals surface area contributed by atoms with E-state index in [9.17, 15) is 19.5 Å². The number of carbonyl (C=O) groups is 3. The lowest BCUT2D eigenvalue weighted by Crippen LogP contribution is -2.55. The molecular weight excluding hydrogens is 466 g/mol. The van der Waals surface area contributed by atoms with Crippen molar-refractivity contribution in [3.8, 4) is 5.75 Å². The van der Waals surface area contributed by atoms with E-state index in [1.54, 1.807) is 44.7 Å². The smallest absolute Gasteiger partial charge is 0.408 e. The summed E-state index contributed by atoms with van der Waals surface area (Å²) in [6, 6.07) is 4.20. The van der Waals surface area contributed by atoms with Crippen LogP contribution in [-0.2, 0) is 14.3 Å². The molecule has 0 aliphatic rings. The molecule has 0 saturated heterocycles. The minimum absolute atomic E-state index is 0.00764. The molecule has 3 N–H and O–H groups in total. The molecule has 0 heterocycles. The monoisotopic (exact) mass is 509 g/mol. The molecule has 8 nitrogen and oxygen atoms in total. The van der Waals surface area contributed by atoms with Gasteiger partial charge in [0.05, 0.1) is 0 Å². The zero-order valence-electron chi connectivity index (χ0n) is 22.2. The zero-order chi connectivity index (χ0) is 26.6. The van der Waals surface area contributed by atoms with E-state index in [4.69, 9.17) is 4.74 Å². The van der Waals surface area contributed by atoms with Gasteiger partial charge in [-0.25, -0.2) is 4.79 Å². The highest BCUT2D eigenvalue weighted by Crippen LogP contribution is 2.28. The number of ether oxygens (including phenoxy) is 1. The zero-order valence-corrected chi connectivity index (χ0v) is 23.0. The Labute approximate surface area is 214 Å². The number of phenols is 1. The molecule has 0 saturated carbocycles. The van der Waals surface area contributed by atoms with Crippen molar-refractivity contribution in [1.29, 1.82) is 0 Å². The van der Waals surface area contributed by atoms with Crippen LogP contribution in [0, 0.1) is 0 Å². The minimum Gasteiger partial charge on any atom is -0.508 e. The Hall–Kier alpha value is -2.42. The number of hydrogen-bond acceptors (Lipinski definition) is 6. The third-order valence-electron chi connectivity index (χ3n) is 5.20. The van der Waals surface area contributed by atoms with Gasteiger partial charge in [0.2, 0.25) is 11.8 Å². The summed E-state index contributed by atoms with van der Waals surface area (Å²) in [4.78, 5) is 41.3. The van der Waals surface area contributed by atoms with Gasteiger partial charge in [-0.2, -0.15) is 11.8 Å². The van der Waals surface area contributed by atoms with Crippen LogP contribution in [0.2, 0.25) is 0 Å². The van der Waals surface area contributed by atoms with Crippen molar-refractivity contribution in [2.24, 2.45) is 0 Å². The van der Waals surface area contributed by atoms with E-state index < -0.39 is 23.8 Å². The summed E-state index contributed by atoms with van der Waals surface area (Å²) >= 11 is 1.56. The summed E-state index contributed by atoms with van der Waals surface area (Å²) in [5.74, 6) is -0.0575. The molecule has 1 rings (SSSR count). The van der Waals surface area contributed by atoms with E-state index in [-0.39, 0.29) is 23.6 Å². The molecule has 2 atom stereocenters. The average Bonchev–Trinajstić information content (AvgIpc) is 2.75. The number of amides is 3. The van der Waals surface area contributed by atoms with Crippen LogP contribution in [0.1, 0.15) is 78.8 Å². The van der Waals surface area contributed by atoms with Crippen LogP contribution in [0.15, 0.2) is 24.3 Å². The van der Waals surface area contributed by atoms with E-state index in [2.05, 4.69) is 17.6 Å². The molecule has 0 radical (unpaired) electrons. The second kappa shape index (κ2) is 14.9. The topological polar surface area (TPSA) is 108 Å². The molecule has 0 aliphatic heterocycles. The van der Waals surface area contributed by atoms with Gasteiger partial charge in [-0.3, -0.25) is 9.59 Å². The minimum atomic E-state index is -0.964. The molecule has 198 valence electrons. The molecule has 9 heteroatoms. The third-order valence-corrected chi connectivity index (χ3v) is 5.85. The van der Waals surface area contributed by atoms with Gasteiger partial charge in [0, 0.05) is 12.6 Å². The first-order valence-electron chi connectivity index (χ1n) is 12.3. The number of hydrogen-bond donors (Lipinski definition) is 3. The highest BCUT2D eigenvalue weighted by atomic mass is 32.2. The van der Waals surface area contributed by atoms with Gasteiger partial charge >= 0.3 is 6.09 Å². The second-order valence-corrected chi connectivity index (χ2v) is 10.8. The lowest BCUT2D eigenvalue weighted by Gasteiger charge is -2.37. The summed E-state index contributed by atoms with van der Waals surface area (Å²) in [6.45, 7) is 11.5. The maximum Gasteiger partial charge on any atom is 0.408 e. The van der Waals surface area contributed by atoms with Crippen molar-refractivity contribution in [1.82, 2.24) is 15.5 Å². The number of carbonyl (C=O) groups excluding carboxylic acids is 3. The molecule has 0 aliphatic carbocycles. The molecule has 2 unspecified atom stereocenters. The van der Waals surface area contributed by atoms with E-state index in [1.807, 2.05) is 20.1 Å². The lowest BCUT2D eigenvalue weighted by molar-refractivity contribution is -0.144. The number of phenolic OH excluding ortho intramolecular Hbond substituents is 1. The molecule has 0 spiro atoms. The molecule has 0 aromatic heterocycles. The van der Waals surface area contributed by atoms with E-state index >= 15 is 0 Å². The van der Waals surface area contributed by atoms with Gasteiger partial charge in [-0.05, 0) is 77.2 Å². The van der Waals surface area contributed by atoms with Crippen molar-refractivity contribution >= 4 is 29.7 Å². The quantitative estimate of drug-likeness (QED) is 0.335. The number of unbranched alkanes of at least 4 members (excludes halogenated alkanes) is 2. The van der Waals surface area contributed by atoms with E-state index in [1.165, 1.54) is 17.0 Å². The van der Waals surface area contributed by atoms with Crippen LogP contribution in [0.4, 0.5) is 4.79 Å². The highest BCUT2D eigenvalue weighted by molar-refractivity contribution is 7.98. The van der Waals surface area contributed by atoms with Crippen LogP contribution in [0.3, 0.4) is 0 Å². The maximum atomic E-state index is 13.9. The normalized spacial score (nSPS) is 13.1. The molecule has 0 fully saturated rings. The van der Waals surface area contributed by atoms with E-state index in [0.717, 1.165) is 19.3 Å². The van der Waals surface area contributed by atoms with Gasteiger partial charge in [-0.15, -0.1) is 0 Å². The summed E-state index contributed by atoms with van der Waals surface area (Å²) < 4.78 is 5.38. The number of benzene rings is 1. The number of alkyl carbamates (subject to hydrolysis) is 1. The predicted octanol–water partition coefficient (Wildman–Crippen LogP) is 4.62. The number of nitrogens with zero attached hydrogens (tertiary/aromatic N) is 1. The fourth-order valence-corrected chi connectivity index (χ4v) is 4.09.